The monoisotopic (exact) mass is 378 g/mol. The van der Waals surface area contributed by atoms with Crippen molar-refractivity contribution >= 4 is 20.7 Å². The van der Waals surface area contributed by atoms with Crippen molar-refractivity contribution in [2.45, 2.75) is 5.66 Å². The van der Waals surface area contributed by atoms with Gasteiger partial charge >= 0.3 is 0 Å². The number of aliphatic imine (C=N–C) groups is 1. The van der Waals surface area contributed by atoms with Gasteiger partial charge in [-0.2, -0.15) is 0 Å². The molecule has 3 rings (SSSR count). The zero-order chi connectivity index (χ0) is 18.9. The van der Waals surface area contributed by atoms with Crippen LogP contribution < -0.4 is 16.4 Å². The van der Waals surface area contributed by atoms with Gasteiger partial charge in [-0.1, -0.05) is 12.1 Å². The van der Waals surface area contributed by atoms with Gasteiger partial charge in [0.15, 0.2) is 5.66 Å². The maximum Gasteiger partial charge on any atom is 0.224 e. The van der Waals surface area contributed by atoms with Crippen LogP contribution in [-0.2, 0) is 15.5 Å². The third-order valence-electron chi connectivity index (χ3n) is 3.67. The summed E-state index contributed by atoms with van der Waals surface area (Å²) in [5.41, 5.74) is 5.68. The molecule has 0 amide bonds. The second-order valence-corrected chi connectivity index (χ2v) is 7.77. The lowest BCUT2D eigenvalue weighted by Gasteiger charge is -2.29. The fourth-order valence-corrected chi connectivity index (χ4v) is 3.01. The molecule has 0 saturated carbocycles. The summed E-state index contributed by atoms with van der Waals surface area (Å²) in [5, 5.41) is 5.25. The number of sulfone groups is 1. The summed E-state index contributed by atoms with van der Waals surface area (Å²) in [6.07, 6.45) is 2.46. The molecule has 2 aromatic rings. The van der Waals surface area contributed by atoms with Crippen molar-refractivity contribution in [3.63, 3.8) is 0 Å². The number of hydrogen-bond donors (Lipinski definition) is 3. The van der Waals surface area contributed by atoms with Gasteiger partial charge in [-0.25, -0.2) is 22.2 Å². The average Bonchev–Trinajstić information content (AvgIpc) is 2.56. The zero-order valence-corrected chi connectivity index (χ0v) is 14.5. The molecule has 1 aliphatic rings. The minimum absolute atomic E-state index is 0.249. The Morgan fingerprint density at radius 1 is 1.04 bits per heavy atom. The molecule has 9 heteroatoms. The van der Waals surface area contributed by atoms with Crippen molar-refractivity contribution < 1.29 is 17.2 Å². The first-order valence-corrected chi connectivity index (χ1v) is 9.42. The van der Waals surface area contributed by atoms with E-state index in [1.165, 1.54) is 54.6 Å². The number of amidine groups is 1. The highest BCUT2D eigenvalue weighted by Crippen LogP contribution is 2.27. The molecule has 6 nitrogen and oxygen atoms in total. The predicted molar refractivity (Wildman–Crippen MR) is 95.8 cm³/mol. The van der Waals surface area contributed by atoms with E-state index in [9.17, 15) is 17.2 Å². The van der Waals surface area contributed by atoms with Gasteiger partial charge in [-0.05, 0) is 42.0 Å². The highest BCUT2D eigenvalue weighted by molar-refractivity contribution is 8.05. The van der Waals surface area contributed by atoms with Crippen LogP contribution in [0, 0.1) is 11.6 Å². The molecular formula is C17H16F2N4O2S. The standard InChI is InChI=1S/C17H16F2N4O2S/c1-26(24,25)16-22-15(21-14-8-6-13(19)7-9-14)10-17(20,23-16)11-2-4-12(18)5-3-11/h2-10,21H,20H2,1H3,(H,22,23). The van der Waals surface area contributed by atoms with Gasteiger partial charge in [0.25, 0.3) is 0 Å². The highest BCUT2D eigenvalue weighted by atomic mass is 32.2. The number of nitrogens with two attached hydrogens (primary N) is 1. The van der Waals surface area contributed by atoms with Crippen LogP contribution in [-0.4, -0.2) is 19.8 Å². The van der Waals surface area contributed by atoms with Gasteiger partial charge < -0.3 is 10.6 Å². The Morgan fingerprint density at radius 2 is 1.58 bits per heavy atom. The Kier molecular flexibility index (Phi) is 4.51. The largest absolute Gasteiger partial charge is 0.342 e. The van der Waals surface area contributed by atoms with E-state index < -0.39 is 27.1 Å². The van der Waals surface area contributed by atoms with E-state index >= 15 is 0 Å². The Labute approximate surface area is 149 Å². The molecule has 0 aliphatic carbocycles. The molecule has 0 aromatic heterocycles. The zero-order valence-electron chi connectivity index (χ0n) is 13.7. The maximum absolute atomic E-state index is 13.2. The van der Waals surface area contributed by atoms with Crippen LogP contribution >= 0.6 is 0 Å². The second kappa shape index (κ2) is 6.50. The third-order valence-corrected chi connectivity index (χ3v) is 4.57. The fourth-order valence-electron chi connectivity index (χ4n) is 2.40. The minimum atomic E-state index is -3.70. The lowest BCUT2D eigenvalue weighted by Crippen LogP contribution is -2.45. The van der Waals surface area contributed by atoms with Crippen LogP contribution in [0.1, 0.15) is 5.56 Å². The molecule has 0 radical (unpaired) electrons. The second-order valence-electron chi connectivity index (χ2n) is 5.84. The van der Waals surface area contributed by atoms with Crippen LogP contribution in [0.15, 0.2) is 65.4 Å². The average molecular weight is 378 g/mol. The molecule has 4 N–H and O–H groups in total. The lowest BCUT2D eigenvalue weighted by atomic mass is 9.99. The molecule has 1 heterocycles. The SMILES string of the molecule is CS(=O)(=O)C1=NC(N)(c2ccc(F)cc2)C=C(Nc2ccc(F)cc2)N1. The Hall–Kier alpha value is -2.78. The van der Waals surface area contributed by atoms with Gasteiger partial charge in [-0.15, -0.1) is 0 Å². The van der Waals surface area contributed by atoms with Crippen molar-refractivity contribution in [1.29, 1.82) is 0 Å². The maximum atomic E-state index is 13.2. The van der Waals surface area contributed by atoms with E-state index in [1.807, 2.05) is 0 Å². The van der Waals surface area contributed by atoms with Crippen molar-refractivity contribution in [3.05, 3.63) is 77.6 Å². The topological polar surface area (TPSA) is 96.6 Å². The summed E-state index contributed by atoms with van der Waals surface area (Å²) < 4.78 is 50.2. The van der Waals surface area contributed by atoms with Gasteiger partial charge in [-0.3, -0.25) is 5.73 Å². The molecule has 2 aromatic carbocycles. The summed E-state index contributed by atoms with van der Waals surface area (Å²) in [4.78, 5) is 4.09. The molecule has 0 spiro atoms. The summed E-state index contributed by atoms with van der Waals surface area (Å²) in [6, 6.07) is 10.8. The Balaban J connectivity index is 2.03. The number of rotatable bonds is 3. The van der Waals surface area contributed by atoms with Crippen LogP contribution in [0.2, 0.25) is 0 Å². The molecule has 1 unspecified atom stereocenters. The first-order valence-electron chi connectivity index (χ1n) is 7.53. The van der Waals surface area contributed by atoms with E-state index in [4.69, 9.17) is 5.73 Å². The number of nitrogens with zero attached hydrogens (tertiary/aromatic N) is 1. The van der Waals surface area contributed by atoms with Crippen molar-refractivity contribution in [3.8, 4) is 0 Å². The molecule has 0 saturated heterocycles. The third kappa shape index (κ3) is 3.89. The van der Waals surface area contributed by atoms with Crippen molar-refractivity contribution in [2.75, 3.05) is 11.6 Å². The highest BCUT2D eigenvalue weighted by Gasteiger charge is 2.32. The van der Waals surface area contributed by atoms with Gasteiger partial charge in [0, 0.05) is 18.0 Å². The molecule has 136 valence electrons. The summed E-state index contributed by atoms with van der Waals surface area (Å²) in [7, 11) is -3.70. The molecule has 0 fully saturated rings. The molecular weight excluding hydrogens is 362 g/mol. The number of hydrogen-bond acceptors (Lipinski definition) is 6. The minimum Gasteiger partial charge on any atom is -0.342 e. The van der Waals surface area contributed by atoms with E-state index in [2.05, 4.69) is 15.6 Å². The van der Waals surface area contributed by atoms with Crippen molar-refractivity contribution in [2.24, 2.45) is 10.7 Å². The molecule has 1 aliphatic heterocycles. The van der Waals surface area contributed by atoms with E-state index in [-0.39, 0.29) is 11.0 Å². The first kappa shape index (κ1) is 18.0. The summed E-state index contributed by atoms with van der Waals surface area (Å²) >= 11 is 0. The van der Waals surface area contributed by atoms with E-state index in [0.717, 1.165) is 6.26 Å². The number of benzene rings is 2. The van der Waals surface area contributed by atoms with E-state index in [0.29, 0.717) is 11.3 Å². The Morgan fingerprint density at radius 3 is 2.12 bits per heavy atom. The number of anilines is 1. The summed E-state index contributed by atoms with van der Waals surface area (Å²) in [5.74, 6) is -0.606. The fraction of sp³-hybridized carbons (Fsp3) is 0.118. The van der Waals surface area contributed by atoms with Crippen LogP contribution in [0.3, 0.4) is 0 Å². The van der Waals surface area contributed by atoms with E-state index in [1.54, 1.807) is 0 Å². The number of nitrogens with one attached hydrogen (secondary N) is 2. The predicted octanol–water partition coefficient (Wildman–Crippen LogP) is 2.03. The van der Waals surface area contributed by atoms with Crippen molar-refractivity contribution in [1.82, 2.24) is 5.32 Å². The van der Waals surface area contributed by atoms with Gasteiger partial charge in [0.2, 0.25) is 15.0 Å². The molecule has 26 heavy (non-hydrogen) atoms. The molecule has 0 bridgehead atoms. The molecule has 1 atom stereocenters. The van der Waals surface area contributed by atoms with Crippen LogP contribution in [0.5, 0.6) is 0 Å². The van der Waals surface area contributed by atoms with Gasteiger partial charge in [0.1, 0.15) is 17.5 Å². The quantitative estimate of drug-likeness (QED) is 0.760. The van der Waals surface area contributed by atoms with Crippen LogP contribution in [0.25, 0.3) is 0 Å². The first-order chi connectivity index (χ1) is 12.2. The normalized spacial score (nSPS) is 20.0. The number of halogens is 2. The van der Waals surface area contributed by atoms with Crippen LogP contribution in [0.4, 0.5) is 14.5 Å². The Bertz CT molecular complexity index is 986. The smallest absolute Gasteiger partial charge is 0.224 e. The summed E-state index contributed by atoms with van der Waals surface area (Å²) in [6.45, 7) is 0. The lowest BCUT2D eigenvalue weighted by molar-refractivity contribution is 0.568. The van der Waals surface area contributed by atoms with Gasteiger partial charge in [0.05, 0.1) is 0 Å².